The SMILES string of the molecule is C=C(OCC)c1cn(Cc2ccc(OC)cc2)c2c(F)cccc2c1=O. The van der Waals surface area contributed by atoms with E-state index in [1.807, 2.05) is 31.2 Å². The number of halogens is 1. The predicted molar refractivity (Wildman–Crippen MR) is 101 cm³/mol. The lowest BCUT2D eigenvalue weighted by molar-refractivity contribution is 0.298. The lowest BCUT2D eigenvalue weighted by Crippen LogP contribution is -2.16. The second kappa shape index (κ2) is 7.44. The average molecular weight is 353 g/mol. The van der Waals surface area contributed by atoms with Gasteiger partial charge in [0.2, 0.25) is 0 Å². The summed E-state index contributed by atoms with van der Waals surface area (Å²) in [5, 5.41) is 0.303. The Bertz CT molecular complexity index is 1010. The van der Waals surface area contributed by atoms with Crippen LogP contribution in [0, 0.1) is 5.82 Å². The molecule has 0 radical (unpaired) electrons. The molecule has 0 spiro atoms. The fraction of sp³-hybridized carbons (Fsp3) is 0.190. The van der Waals surface area contributed by atoms with Gasteiger partial charge in [-0.25, -0.2) is 4.39 Å². The average Bonchev–Trinajstić information content (AvgIpc) is 2.65. The largest absolute Gasteiger partial charge is 0.497 e. The molecule has 0 unspecified atom stereocenters. The molecule has 3 rings (SSSR count). The number of ether oxygens (including phenoxy) is 2. The fourth-order valence-corrected chi connectivity index (χ4v) is 2.92. The van der Waals surface area contributed by atoms with Crippen molar-refractivity contribution < 1.29 is 13.9 Å². The molecule has 0 saturated heterocycles. The van der Waals surface area contributed by atoms with Crippen molar-refractivity contribution in [2.24, 2.45) is 0 Å². The van der Waals surface area contributed by atoms with E-state index < -0.39 is 5.82 Å². The number of pyridine rings is 1. The van der Waals surface area contributed by atoms with Crippen molar-refractivity contribution in [3.8, 4) is 5.75 Å². The maximum absolute atomic E-state index is 14.5. The number of hydrogen-bond acceptors (Lipinski definition) is 3. The minimum Gasteiger partial charge on any atom is -0.497 e. The summed E-state index contributed by atoms with van der Waals surface area (Å²) in [6.45, 7) is 6.45. The van der Waals surface area contributed by atoms with Crippen LogP contribution in [0.1, 0.15) is 18.1 Å². The summed E-state index contributed by atoms with van der Waals surface area (Å²) in [4.78, 5) is 12.7. The first kappa shape index (κ1) is 17.7. The molecule has 134 valence electrons. The number of hydrogen-bond donors (Lipinski definition) is 0. The highest BCUT2D eigenvalue weighted by atomic mass is 19.1. The number of benzene rings is 2. The third-order valence-electron chi connectivity index (χ3n) is 4.18. The molecule has 26 heavy (non-hydrogen) atoms. The molecule has 3 aromatic rings. The standard InChI is InChI=1S/C21H20FNO3/c1-4-26-14(2)18-13-23(12-15-8-10-16(25-3)11-9-15)20-17(21(18)24)6-5-7-19(20)22/h5-11,13H,2,4,12H2,1,3H3. The zero-order valence-electron chi connectivity index (χ0n) is 14.8. The summed E-state index contributed by atoms with van der Waals surface area (Å²) in [6, 6.07) is 12.0. The van der Waals surface area contributed by atoms with Gasteiger partial charge in [0.25, 0.3) is 0 Å². The number of nitrogens with zero attached hydrogens (tertiary/aromatic N) is 1. The van der Waals surface area contributed by atoms with Gasteiger partial charge in [0.1, 0.15) is 17.3 Å². The molecule has 4 nitrogen and oxygen atoms in total. The van der Waals surface area contributed by atoms with Crippen LogP contribution in [-0.4, -0.2) is 18.3 Å². The molecule has 1 heterocycles. The van der Waals surface area contributed by atoms with Gasteiger partial charge in [-0.2, -0.15) is 0 Å². The Morgan fingerprint density at radius 1 is 1.19 bits per heavy atom. The van der Waals surface area contributed by atoms with Crippen molar-refractivity contribution in [3.05, 3.63) is 82.4 Å². The van der Waals surface area contributed by atoms with Crippen molar-refractivity contribution in [2.75, 3.05) is 13.7 Å². The molecule has 0 aliphatic heterocycles. The van der Waals surface area contributed by atoms with E-state index in [-0.39, 0.29) is 16.7 Å². The zero-order valence-corrected chi connectivity index (χ0v) is 14.8. The van der Waals surface area contributed by atoms with Gasteiger partial charge in [-0.05, 0) is 36.8 Å². The maximum atomic E-state index is 14.5. The smallest absolute Gasteiger partial charge is 0.200 e. The number of aromatic nitrogens is 1. The van der Waals surface area contributed by atoms with Crippen LogP contribution in [0.15, 0.2) is 60.0 Å². The van der Waals surface area contributed by atoms with Gasteiger partial charge in [-0.15, -0.1) is 0 Å². The molecule has 1 aromatic heterocycles. The van der Waals surface area contributed by atoms with Gasteiger partial charge in [-0.3, -0.25) is 4.79 Å². The highest BCUT2D eigenvalue weighted by Crippen LogP contribution is 2.21. The van der Waals surface area contributed by atoms with E-state index in [2.05, 4.69) is 6.58 Å². The molecule has 0 N–H and O–H groups in total. The van der Waals surface area contributed by atoms with E-state index in [1.165, 1.54) is 12.1 Å². The maximum Gasteiger partial charge on any atom is 0.200 e. The van der Waals surface area contributed by atoms with Crippen LogP contribution in [0.2, 0.25) is 0 Å². The molecular formula is C21H20FNO3. The Hall–Kier alpha value is -3.08. The summed E-state index contributed by atoms with van der Waals surface area (Å²) in [7, 11) is 1.60. The predicted octanol–water partition coefficient (Wildman–Crippen LogP) is 4.20. The Balaban J connectivity index is 2.16. The molecule has 0 fully saturated rings. The third kappa shape index (κ3) is 3.33. The Labute approximate surface area is 151 Å². The Morgan fingerprint density at radius 3 is 2.58 bits per heavy atom. The first-order valence-corrected chi connectivity index (χ1v) is 8.31. The van der Waals surface area contributed by atoms with Crippen LogP contribution in [0.25, 0.3) is 16.7 Å². The van der Waals surface area contributed by atoms with Crippen LogP contribution >= 0.6 is 0 Å². The van der Waals surface area contributed by atoms with Gasteiger partial charge < -0.3 is 14.0 Å². The molecule has 0 bridgehead atoms. The second-order valence-electron chi connectivity index (χ2n) is 5.84. The van der Waals surface area contributed by atoms with E-state index in [0.29, 0.717) is 24.1 Å². The Kier molecular flexibility index (Phi) is 5.07. The molecule has 0 amide bonds. The van der Waals surface area contributed by atoms with Gasteiger partial charge in [0.05, 0.1) is 24.8 Å². The lowest BCUT2D eigenvalue weighted by Gasteiger charge is -2.15. The minimum absolute atomic E-state index is 0.265. The first-order chi connectivity index (χ1) is 12.5. The van der Waals surface area contributed by atoms with Gasteiger partial charge >= 0.3 is 0 Å². The molecule has 5 heteroatoms. The van der Waals surface area contributed by atoms with E-state index in [9.17, 15) is 9.18 Å². The third-order valence-corrected chi connectivity index (χ3v) is 4.18. The van der Waals surface area contributed by atoms with Crippen LogP contribution in [0.5, 0.6) is 5.75 Å². The summed E-state index contributed by atoms with van der Waals surface area (Å²) in [5.74, 6) is 0.587. The van der Waals surface area contributed by atoms with E-state index in [1.54, 1.807) is 23.9 Å². The number of para-hydroxylation sites is 1. The highest BCUT2D eigenvalue weighted by molar-refractivity contribution is 5.82. The van der Waals surface area contributed by atoms with Gasteiger partial charge in [-0.1, -0.05) is 24.8 Å². The van der Waals surface area contributed by atoms with Crippen LogP contribution in [-0.2, 0) is 11.3 Å². The summed E-state index contributed by atoms with van der Waals surface area (Å²) >= 11 is 0. The van der Waals surface area contributed by atoms with Gasteiger partial charge in [0.15, 0.2) is 5.43 Å². The molecule has 0 aliphatic rings. The highest BCUT2D eigenvalue weighted by Gasteiger charge is 2.15. The molecule has 0 aliphatic carbocycles. The Morgan fingerprint density at radius 2 is 1.92 bits per heavy atom. The van der Waals surface area contributed by atoms with E-state index in [4.69, 9.17) is 9.47 Å². The molecule has 0 atom stereocenters. The topological polar surface area (TPSA) is 40.5 Å². The second-order valence-corrected chi connectivity index (χ2v) is 5.84. The van der Waals surface area contributed by atoms with E-state index in [0.717, 1.165) is 11.3 Å². The van der Waals surface area contributed by atoms with Crippen molar-refractivity contribution in [2.45, 2.75) is 13.5 Å². The molecular weight excluding hydrogens is 333 g/mol. The summed E-state index contributed by atoms with van der Waals surface area (Å²) < 4.78 is 26.8. The zero-order chi connectivity index (χ0) is 18.7. The lowest BCUT2D eigenvalue weighted by atomic mass is 10.1. The normalized spacial score (nSPS) is 10.7. The number of fused-ring (bicyclic) bond motifs is 1. The quantitative estimate of drug-likeness (QED) is 0.624. The van der Waals surface area contributed by atoms with Gasteiger partial charge in [0, 0.05) is 18.1 Å². The fourth-order valence-electron chi connectivity index (χ4n) is 2.92. The van der Waals surface area contributed by atoms with Crippen molar-refractivity contribution in [3.63, 3.8) is 0 Å². The van der Waals surface area contributed by atoms with Crippen molar-refractivity contribution in [1.82, 2.24) is 4.57 Å². The van der Waals surface area contributed by atoms with Crippen molar-refractivity contribution >= 4 is 16.7 Å². The number of methoxy groups -OCH3 is 1. The summed E-state index contributed by atoms with van der Waals surface area (Å²) in [5.41, 5.74) is 1.26. The minimum atomic E-state index is -0.443. The number of rotatable bonds is 6. The van der Waals surface area contributed by atoms with Crippen LogP contribution in [0.4, 0.5) is 4.39 Å². The summed E-state index contributed by atoms with van der Waals surface area (Å²) in [6.07, 6.45) is 1.61. The molecule has 0 saturated carbocycles. The molecule has 2 aromatic carbocycles. The van der Waals surface area contributed by atoms with E-state index >= 15 is 0 Å². The van der Waals surface area contributed by atoms with Crippen LogP contribution < -0.4 is 10.2 Å². The van der Waals surface area contributed by atoms with Crippen molar-refractivity contribution in [1.29, 1.82) is 0 Å². The monoisotopic (exact) mass is 353 g/mol. The van der Waals surface area contributed by atoms with Crippen LogP contribution in [0.3, 0.4) is 0 Å². The first-order valence-electron chi connectivity index (χ1n) is 8.31.